The largest absolute Gasteiger partial charge is 0.454 e. The van der Waals surface area contributed by atoms with E-state index in [1.54, 1.807) is 12.1 Å². The molecule has 2 aromatic rings. The van der Waals surface area contributed by atoms with E-state index < -0.39 is 0 Å². The molecule has 114 valence electrons. The van der Waals surface area contributed by atoms with Crippen LogP contribution in [0.3, 0.4) is 0 Å². The Morgan fingerprint density at radius 3 is 2.82 bits per heavy atom. The van der Waals surface area contributed by atoms with Gasteiger partial charge in [0.05, 0.1) is 5.02 Å². The summed E-state index contributed by atoms with van der Waals surface area (Å²) in [7, 11) is 0. The van der Waals surface area contributed by atoms with Crippen molar-refractivity contribution in [3.8, 4) is 11.5 Å². The second-order valence-corrected chi connectivity index (χ2v) is 5.62. The van der Waals surface area contributed by atoms with E-state index >= 15 is 0 Å². The third-order valence-electron chi connectivity index (χ3n) is 3.63. The van der Waals surface area contributed by atoms with E-state index in [1.165, 1.54) is 5.56 Å². The van der Waals surface area contributed by atoms with Gasteiger partial charge >= 0.3 is 0 Å². The zero-order valence-electron chi connectivity index (χ0n) is 12.1. The van der Waals surface area contributed by atoms with Crippen molar-refractivity contribution in [3.63, 3.8) is 0 Å². The standard InChI is InChI=1S/C17H16ClNO3/c1-11(12-5-3-2-4-6-12)9-19-17(20)13-7-14(18)16-15(8-13)21-10-22-16/h2-8,11H,9-10H2,1H3,(H,19,20)/t11-/m1/s1. The number of hydrogen-bond acceptors (Lipinski definition) is 3. The van der Waals surface area contributed by atoms with E-state index in [2.05, 4.69) is 12.2 Å². The molecule has 0 unspecified atom stereocenters. The molecule has 0 fully saturated rings. The lowest BCUT2D eigenvalue weighted by atomic mass is 10.0. The van der Waals surface area contributed by atoms with Crippen LogP contribution in [0.2, 0.25) is 5.02 Å². The summed E-state index contributed by atoms with van der Waals surface area (Å²) in [6, 6.07) is 13.3. The lowest BCUT2D eigenvalue weighted by molar-refractivity contribution is 0.0951. The average molecular weight is 318 g/mol. The Morgan fingerprint density at radius 1 is 1.27 bits per heavy atom. The van der Waals surface area contributed by atoms with Crippen molar-refractivity contribution in [2.24, 2.45) is 0 Å². The van der Waals surface area contributed by atoms with Gasteiger partial charge in [-0.3, -0.25) is 4.79 Å². The second-order valence-electron chi connectivity index (χ2n) is 5.21. The number of nitrogens with one attached hydrogen (secondary N) is 1. The molecule has 2 aromatic carbocycles. The number of benzene rings is 2. The highest BCUT2D eigenvalue weighted by Crippen LogP contribution is 2.39. The van der Waals surface area contributed by atoms with Crippen LogP contribution in [-0.2, 0) is 0 Å². The summed E-state index contributed by atoms with van der Waals surface area (Å²) in [6.45, 7) is 2.75. The van der Waals surface area contributed by atoms with Crippen molar-refractivity contribution in [2.75, 3.05) is 13.3 Å². The minimum atomic E-state index is -0.178. The van der Waals surface area contributed by atoms with Crippen LogP contribution in [0.5, 0.6) is 11.5 Å². The fraction of sp³-hybridized carbons (Fsp3) is 0.235. The van der Waals surface area contributed by atoms with E-state index in [9.17, 15) is 4.79 Å². The zero-order chi connectivity index (χ0) is 15.5. The molecule has 0 aliphatic carbocycles. The van der Waals surface area contributed by atoms with E-state index in [0.29, 0.717) is 28.6 Å². The molecule has 0 bridgehead atoms. The fourth-order valence-corrected chi connectivity index (χ4v) is 2.61. The molecular formula is C17H16ClNO3. The molecule has 1 atom stereocenters. The molecule has 4 nitrogen and oxygen atoms in total. The summed E-state index contributed by atoms with van der Waals surface area (Å²) < 4.78 is 10.5. The smallest absolute Gasteiger partial charge is 0.251 e. The van der Waals surface area contributed by atoms with Gasteiger partial charge in [0.25, 0.3) is 5.91 Å². The third kappa shape index (κ3) is 3.02. The minimum Gasteiger partial charge on any atom is -0.454 e. The van der Waals surface area contributed by atoms with Crippen molar-refractivity contribution in [3.05, 3.63) is 58.6 Å². The van der Waals surface area contributed by atoms with Crippen molar-refractivity contribution < 1.29 is 14.3 Å². The first kappa shape index (κ1) is 14.7. The van der Waals surface area contributed by atoms with Crippen LogP contribution in [0.25, 0.3) is 0 Å². The molecule has 1 aliphatic heterocycles. The minimum absolute atomic E-state index is 0.130. The summed E-state index contributed by atoms with van der Waals surface area (Å²) in [5, 5.41) is 3.31. The molecule has 0 spiro atoms. The van der Waals surface area contributed by atoms with Gasteiger partial charge in [-0.1, -0.05) is 48.9 Å². The van der Waals surface area contributed by atoms with Gasteiger partial charge in [0.1, 0.15) is 0 Å². The Balaban J connectivity index is 1.67. The van der Waals surface area contributed by atoms with Gasteiger partial charge in [0, 0.05) is 12.1 Å². The monoisotopic (exact) mass is 317 g/mol. The van der Waals surface area contributed by atoms with E-state index in [1.807, 2.05) is 30.3 Å². The van der Waals surface area contributed by atoms with Crippen molar-refractivity contribution in [1.29, 1.82) is 0 Å². The fourth-order valence-electron chi connectivity index (χ4n) is 2.35. The van der Waals surface area contributed by atoms with Crippen molar-refractivity contribution in [1.82, 2.24) is 5.32 Å². The Morgan fingerprint density at radius 2 is 2.05 bits per heavy atom. The Bertz CT molecular complexity index is 688. The predicted molar refractivity (Wildman–Crippen MR) is 84.8 cm³/mol. The summed E-state index contributed by atoms with van der Waals surface area (Å²) >= 11 is 6.09. The van der Waals surface area contributed by atoms with Gasteiger partial charge in [0.15, 0.2) is 11.5 Å². The first-order valence-corrected chi connectivity index (χ1v) is 7.45. The number of carbonyl (C=O) groups is 1. The summed E-state index contributed by atoms with van der Waals surface area (Å²) in [4.78, 5) is 12.3. The molecule has 0 saturated carbocycles. The second kappa shape index (κ2) is 6.28. The van der Waals surface area contributed by atoms with Crippen LogP contribution < -0.4 is 14.8 Å². The molecule has 1 amide bonds. The molecule has 0 radical (unpaired) electrons. The predicted octanol–water partition coefficient (Wildman–Crippen LogP) is 3.60. The molecule has 1 aliphatic rings. The zero-order valence-corrected chi connectivity index (χ0v) is 12.9. The van der Waals surface area contributed by atoms with Gasteiger partial charge in [-0.25, -0.2) is 0 Å². The van der Waals surface area contributed by atoms with Crippen molar-refractivity contribution >= 4 is 17.5 Å². The highest BCUT2D eigenvalue weighted by molar-refractivity contribution is 6.32. The van der Waals surface area contributed by atoms with Gasteiger partial charge in [-0.2, -0.15) is 0 Å². The van der Waals surface area contributed by atoms with Crippen LogP contribution in [-0.4, -0.2) is 19.2 Å². The molecule has 1 heterocycles. The van der Waals surface area contributed by atoms with Gasteiger partial charge in [0.2, 0.25) is 6.79 Å². The summed E-state index contributed by atoms with van der Waals surface area (Å²) in [6.07, 6.45) is 0. The van der Waals surface area contributed by atoms with Crippen LogP contribution in [0.15, 0.2) is 42.5 Å². The third-order valence-corrected chi connectivity index (χ3v) is 3.91. The van der Waals surface area contributed by atoms with Gasteiger partial charge in [-0.05, 0) is 23.6 Å². The maximum Gasteiger partial charge on any atom is 0.251 e. The number of rotatable bonds is 4. The number of halogens is 1. The van der Waals surface area contributed by atoms with Crippen LogP contribution in [0.1, 0.15) is 28.8 Å². The Labute approximate surface area is 134 Å². The topological polar surface area (TPSA) is 47.6 Å². The van der Waals surface area contributed by atoms with Crippen molar-refractivity contribution in [2.45, 2.75) is 12.8 Å². The van der Waals surface area contributed by atoms with E-state index in [0.717, 1.165) is 0 Å². The summed E-state index contributed by atoms with van der Waals surface area (Å²) in [5.74, 6) is 1.06. The molecule has 22 heavy (non-hydrogen) atoms. The van der Waals surface area contributed by atoms with E-state index in [-0.39, 0.29) is 18.6 Å². The molecule has 0 aromatic heterocycles. The Hall–Kier alpha value is -2.20. The lowest BCUT2D eigenvalue weighted by Crippen LogP contribution is -2.27. The number of ether oxygens (including phenoxy) is 2. The molecular weight excluding hydrogens is 302 g/mol. The maximum atomic E-state index is 12.3. The number of carbonyl (C=O) groups excluding carboxylic acids is 1. The lowest BCUT2D eigenvalue weighted by Gasteiger charge is -2.13. The van der Waals surface area contributed by atoms with E-state index in [4.69, 9.17) is 21.1 Å². The normalized spacial score (nSPS) is 13.7. The highest BCUT2D eigenvalue weighted by Gasteiger charge is 2.20. The van der Waals surface area contributed by atoms with Gasteiger partial charge < -0.3 is 14.8 Å². The average Bonchev–Trinajstić information content (AvgIpc) is 3.02. The SMILES string of the molecule is C[C@H](CNC(=O)c1cc(Cl)c2c(c1)OCO2)c1ccccc1. The molecule has 1 N–H and O–H groups in total. The first-order chi connectivity index (χ1) is 10.6. The first-order valence-electron chi connectivity index (χ1n) is 7.07. The Kier molecular flexibility index (Phi) is 4.20. The quantitative estimate of drug-likeness (QED) is 0.937. The van der Waals surface area contributed by atoms with Gasteiger partial charge in [-0.15, -0.1) is 0 Å². The van der Waals surface area contributed by atoms with Crippen LogP contribution in [0, 0.1) is 0 Å². The number of fused-ring (bicyclic) bond motifs is 1. The summed E-state index contributed by atoms with van der Waals surface area (Å²) in [5.41, 5.74) is 1.65. The number of hydrogen-bond donors (Lipinski definition) is 1. The molecule has 3 rings (SSSR count). The molecule has 5 heteroatoms. The molecule has 0 saturated heterocycles. The van der Waals surface area contributed by atoms with Crippen LogP contribution >= 0.6 is 11.6 Å². The maximum absolute atomic E-state index is 12.3. The highest BCUT2D eigenvalue weighted by atomic mass is 35.5. The van der Waals surface area contributed by atoms with Crippen LogP contribution in [0.4, 0.5) is 0 Å². The number of amides is 1.